The number of hydrogen-bond acceptors (Lipinski definition) is 3. The van der Waals surface area contributed by atoms with Crippen molar-refractivity contribution in [3.8, 4) is 5.75 Å². The average Bonchev–Trinajstić information content (AvgIpc) is 2.63. The van der Waals surface area contributed by atoms with E-state index < -0.39 is 0 Å². The Morgan fingerprint density at radius 2 is 1.62 bits per heavy atom. The van der Waals surface area contributed by atoms with Crippen molar-refractivity contribution in [2.75, 3.05) is 30.4 Å². The zero-order valence-corrected chi connectivity index (χ0v) is 14.7. The van der Waals surface area contributed by atoms with Crippen molar-refractivity contribution in [3.63, 3.8) is 0 Å². The van der Waals surface area contributed by atoms with E-state index in [1.807, 2.05) is 48.5 Å². The number of methoxy groups -OCH3 is 1. The highest BCUT2D eigenvalue weighted by atomic mass is 16.5. The van der Waals surface area contributed by atoms with Crippen LogP contribution in [0.4, 0.5) is 11.4 Å². The first-order valence-electron chi connectivity index (χ1n) is 8.44. The lowest BCUT2D eigenvalue weighted by molar-refractivity contribution is -0.116. The third-order valence-electron chi connectivity index (χ3n) is 4.08. The second-order valence-corrected chi connectivity index (χ2v) is 5.62. The van der Waals surface area contributed by atoms with Gasteiger partial charge in [0.15, 0.2) is 0 Å². The lowest BCUT2D eigenvalue weighted by Gasteiger charge is -2.21. The topological polar surface area (TPSA) is 41.6 Å². The summed E-state index contributed by atoms with van der Waals surface area (Å²) in [6.07, 6.45) is 1.18. The third-order valence-corrected chi connectivity index (χ3v) is 4.08. The van der Waals surface area contributed by atoms with Gasteiger partial charge in [0.05, 0.1) is 7.11 Å². The molecule has 0 aliphatic carbocycles. The van der Waals surface area contributed by atoms with Crippen molar-refractivity contribution in [2.45, 2.75) is 26.7 Å². The summed E-state index contributed by atoms with van der Waals surface area (Å²) in [7, 11) is 1.65. The number of aryl methyl sites for hydroxylation is 1. The second-order valence-electron chi connectivity index (χ2n) is 5.62. The van der Waals surface area contributed by atoms with Gasteiger partial charge in [0.25, 0.3) is 0 Å². The first-order valence-corrected chi connectivity index (χ1v) is 8.44. The number of benzene rings is 2. The number of ether oxygens (including phenoxy) is 1. The molecule has 0 heterocycles. The molecule has 2 aromatic rings. The van der Waals surface area contributed by atoms with Gasteiger partial charge in [-0.15, -0.1) is 0 Å². The van der Waals surface area contributed by atoms with E-state index in [0.29, 0.717) is 12.8 Å². The summed E-state index contributed by atoms with van der Waals surface area (Å²) in [4.78, 5) is 14.4. The fraction of sp³-hybridized carbons (Fsp3) is 0.350. The summed E-state index contributed by atoms with van der Waals surface area (Å²) in [5.41, 5.74) is 3.14. The van der Waals surface area contributed by atoms with Crippen LogP contribution in [0.1, 0.15) is 25.8 Å². The Labute approximate surface area is 144 Å². The van der Waals surface area contributed by atoms with Gasteiger partial charge in [-0.1, -0.05) is 12.1 Å². The number of amides is 1. The summed E-state index contributed by atoms with van der Waals surface area (Å²) in [5, 5.41) is 2.95. The lowest BCUT2D eigenvalue weighted by Crippen LogP contribution is -2.21. The SMILES string of the molecule is CCN(CC)c1ccc(NC(=O)CCc2ccc(OC)cc2)cc1. The molecule has 0 aliphatic rings. The molecule has 0 radical (unpaired) electrons. The molecule has 0 saturated heterocycles. The maximum atomic E-state index is 12.1. The third kappa shape index (κ3) is 5.01. The minimum atomic E-state index is 0.0291. The molecule has 2 aromatic carbocycles. The number of rotatable bonds is 8. The predicted molar refractivity (Wildman–Crippen MR) is 99.9 cm³/mol. The van der Waals surface area contributed by atoms with Crippen LogP contribution in [0, 0.1) is 0 Å². The molecule has 0 aromatic heterocycles. The molecule has 0 fully saturated rings. The van der Waals surface area contributed by atoms with E-state index in [0.717, 1.165) is 30.1 Å². The standard InChI is InChI=1S/C20H26N2O2/c1-4-22(5-2)18-11-9-17(10-12-18)21-20(23)15-8-16-6-13-19(24-3)14-7-16/h6-7,9-14H,4-5,8,15H2,1-3H3,(H,21,23). The largest absolute Gasteiger partial charge is 0.497 e. The molecular formula is C20H26N2O2. The molecule has 0 atom stereocenters. The van der Waals surface area contributed by atoms with Gasteiger partial charge in [0, 0.05) is 30.9 Å². The molecule has 2 rings (SSSR count). The van der Waals surface area contributed by atoms with E-state index in [4.69, 9.17) is 4.74 Å². The normalized spacial score (nSPS) is 10.3. The smallest absolute Gasteiger partial charge is 0.224 e. The van der Waals surface area contributed by atoms with Gasteiger partial charge in [0.2, 0.25) is 5.91 Å². The van der Waals surface area contributed by atoms with E-state index in [1.54, 1.807) is 7.11 Å². The Bertz CT molecular complexity index is 632. The van der Waals surface area contributed by atoms with Crippen LogP contribution in [0.3, 0.4) is 0 Å². The minimum absolute atomic E-state index is 0.0291. The van der Waals surface area contributed by atoms with Crippen molar-refractivity contribution >= 4 is 17.3 Å². The van der Waals surface area contributed by atoms with E-state index in [-0.39, 0.29) is 5.91 Å². The summed E-state index contributed by atoms with van der Waals surface area (Å²) in [5.74, 6) is 0.859. The number of nitrogens with zero attached hydrogens (tertiary/aromatic N) is 1. The molecule has 0 bridgehead atoms. The van der Waals surface area contributed by atoms with Crippen molar-refractivity contribution in [2.24, 2.45) is 0 Å². The highest BCUT2D eigenvalue weighted by Crippen LogP contribution is 2.18. The van der Waals surface area contributed by atoms with Crippen LogP contribution in [0.15, 0.2) is 48.5 Å². The summed E-state index contributed by atoms with van der Waals surface area (Å²) < 4.78 is 5.13. The maximum absolute atomic E-state index is 12.1. The first kappa shape index (κ1) is 17.9. The van der Waals surface area contributed by atoms with E-state index in [9.17, 15) is 4.79 Å². The second kappa shape index (κ2) is 8.96. The van der Waals surface area contributed by atoms with Crippen LogP contribution in [0.25, 0.3) is 0 Å². The Morgan fingerprint density at radius 1 is 1.00 bits per heavy atom. The molecule has 4 heteroatoms. The van der Waals surface area contributed by atoms with Crippen LogP contribution in [0.5, 0.6) is 5.75 Å². The highest BCUT2D eigenvalue weighted by molar-refractivity contribution is 5.91. The van der Waals surface area contributed by atoms with Gasteiger partial charge < -0.3 is 15.0 Å². The fourth-order valence-corrected chi connectivity index (χ4v) is 2.62. The molecule has 0 aliphatic heterocycles. The molecule has 4 nitrogen and oxygen atoms in total. The molecule has 0 unspecified atom stereocenters. The van der Waals surface area contributed by atoms with Gasteiger partial charge in [-0.3, -0.25) is 4.79 Å². The van der Waals surface area contributed by atoms with Crippen LogP contribution in [-0.2, 0) is 11.2 Å². The summed E-state index contributed by atoms with van der Waals surface area (Å²) in [6.45, 7) is 6.23. The molecule has 1 amide bonds. The van der Waals surface area contributed by atoms with Crippen molar-refractivity contribution in [1.29, 1.82) is 0 Å². The van der Waals surface area contributed by atoms with E-state index >= 15 is 0 Å². The van der Waals surface area contributed by atoms with Gasteiger partial charge in [-0.2, -0.15) is 0 Å². The average molecular weight is 326 g/mol. The zero-order chi connectivity index (χ0) is 17.4. The summed E-state index contributed by atoms with van der Waals surface area (Å²) >= 11 is 0. The number of nitrogens with one attached hydrogen (secondary N) is 1. The number of carbonyl (C=O) groups is 1. The Kier molecular flexibility index (Phi) is 6.67. The van der Waals surface area contributed by atoms with Gasteiger partial charge in [0.1, 0.15) is 5.75 Å². The quantitative estimate of drug-likeness (QED) is 0.793. The Hall–Kier alpha value is -2.49. The van der Waals surface area contributed by atoms with Crippen molar-refractivity contribution in [1.82, 2.24) is 0 Å². The molecular weight excluding hydrogens is 300 g/mol. The van der Waals surface area contributed by atoms with Crippen LogP contribution < -0.4 is 15.0 Å². The lowest BCUT2D eigenvalue weighted by atomic mass is 10.1. The minimum Gasteiger partial charge on any atom is -0.497 e. The molecule has 128 valence electrons. The number of anilines is 2. The monoisotopic (exact) mass is 326 g/mol. The molecule has 24 heavy (non-hydrogen) atoms. The predicted octanol–water partition coefficient (Wildman–Crippen LogP) is 4.11. The number of carbonyl (C=O) groups excluding carboxylic acids is 1. The Morgan fingerprint density at radius 3 is 2.17 bits per heavy atom. The Balaban J connectivity index is 1.85. The van der Waals surface area contributed by atoms with Crippen LogP contribution in [-0.4, -0.2) is 26.1 Å². The molecule has 1 N–H and O–H groups in total. The first-order chi connectivity index (χ1) is 11.7. The number of hydrogen-bond donors (Lipinski definition) is 1. The van der Waals surface area contributed by atoms with Gasteiger partial charge in [-0.05, 0) is 62.2 Å². The van der Waals surface area contributed by atoms with Crippen molar-refractivity contribution in [3.05, 3.63) is 54.1 Å². The van der Waals surface area contributed by atoms with Crippen LogP contribution in [0.2, 0.25) is 0 Å². The van der Waals surface area contributed by atoms with Gasteiger partial charge in [-0.25, -0.2) is 0 Å². The fourth-order valence-electron chi connectivity index (χ4n) is 2.62. The highest BCUT2D eigenvalue weighted by Gasteiger charge is 2.05. The molecule has 0 spiro atoms. The summed E-state index contributed by atoms with van der Waals surface area (Å²) in [6, 6.07) is 15.8. The van der Waals surface area contributed by atoms with E-state index in [1.165, 1.54) is 5.69 Å². The van der Waals surface area contributed by atoms with Crippen molar-refractivity contribution < 1.29 is 9.53 Å². The van der Waals surface area contributed by atoms with Crippen LogP contribution >= 0.6 is 0 Å². The maximum Gasteiger partial charge on any atom is 0.224 e. The molecule has 0 saturated carbocycles. The zero-order valence-electron chi connectivity index (χ0n) is 14.7. The van der Waals surface area contributed by atoms with E-state index in [2.05, 4.69) is 24.1 Å². The van der Waals surface area contributed by atoms with Gasteiger partial charge >= 0.3 is 0 Å².